The third kappa shape index (κ3) is 2.91. The highest BCUT2D eigenvalue weighted by Gasteiger charge is 2.28. The van der Waals surface area contributed by atoms with Gasteiger partial charge >= 0.3 is 0 Å². The first kappa shape index (κ1) is 13.1. The molecular weight excluding hydrogens is 272 g/mol. The van der Waals surface area contributed by atoms with Crippen molar-refractivity contribution in [1.29, 1.82) is 0 Å². The Morgan fingerprint density at radius 2 is 2.06 bits per heavy atom. The number of hydrogen-bond acceptors (Lipinski definition) is 4. The summed E-state index contributed by atoms with van der Waals surface area (Å²) in [5.41, 5.74) is 5.99. The smallest absolute Gasteiger partial charge is 0.235 e. The molecule has 1 aromatic rings. The van der Waals surface area contributed by atoms with Gasteiger partial charge in [-0.1, -0.05) is 12.2 Å². The van der Waals surface area contributed by atoms with E-state index in [1.54, 1.807) is 24.3 Å². The van der Waals surface area contributed by atoms with E-state index in [1.807, 2.05) is 0 Å². The molecule has 0 aromatic heterocycles. The summed E-state index contributed by atoms with van der Waals surface area (Å²) in [6, 6.07) is 6.86. The van der Waals surface area contributed by atoms with E-state index in [9.17, 15) is 8.42 Å². The summed E-state index contributed by atoms with van der Waals surface area (Å²) in [6.45, 7) is 0.714. The zero-order valence-electron chi connectivity index (χ0n) is 9.70. The van der Waals surface area contributed by atoms with Crippen LogP contribution in [0.15, 0.2) is 24.3 Å². The Morgan fingerprint density at radius 1 is 1.39 bits per heavy atom. The van der Waals surface area contributed by atoms with Crippen molar-refractivity contribution in [3.8, 4) is 5.75 Å². The van der Waals surface area contributed by atoms with E-state index in [0.29, 0.717) is 24.4 Å². The number of nitrogens with zero attached hydrogens (tertiary/aromatic N) is 1. The molecule has 98 valence electrons. The van der Waals surface area contributed by atoms with Crippen LogP contribution in [0.3, 0.4) is 0 Å². The maximum Gasteiger partial charge on any atom is 0.235 e. The summed E-state index contributed by atoms with van der Waals surface area (Å²) in [5, 5.41) is 0. The van der Waals surface area contributed by atoms with Crippen LogP contribution in [0.1, 0.15) is 6.42 Å². The van der Waals surface area contributed by atoms with Crippen molar-refractivity contribution >= 4 is 32.9 Å². The summed E-state index contributed by atoms with van der Waals surface area (Å²) >= 11 is 4.70. The Labute approximate surface area is 112 Å². The van der Waals surface area contributed by atoms with E-state index in [-0.39, 0.29) is 17.3 Å². The molecule has 0 amide bonds. The largest absolute Gasteiger partial charge is 0.487 e. The molecule has 1 fully saturated rings. The highest BCUT2D eigenvalue weighted by atomic mass is 32.2. The van der Waals surface area contributed by atoms with Gasteiger partial charge in [0.25, 0.3) is 0 Å². The molecule has 1 saturated heterocycles. The molecule has 7 heteroatoms. The van der Waals surface area contributed by atoms with Crippen LogP contribution in [0, 0.1) is 0 Å². The molecule has 18 heavy (non-hydrogen) atoms. The fraction of sp³-hybridized carbons (Fsp3) is 0.364. The van der Waals surface area contributed by atoms with E-state index in [1.165, 1.54) is 4.31 Å². The van der Waals surface area contributed by atoms with Crippen LogP contribution in [0.2, 0.25) is 0 Å². The van der Waals surface area contributed by atoms with Gasteiger partial charge < -0.3 is 10.5 Å². The monoisotopic (exact) mass is 286 g/mol. The van der Waals surface area contributed by atoms with Gasteiger partial charge in [0, 0.05) is 6.54 Å². The van der Waals surface area contributed by atoms with Crippen molar-refractivity contribution in [2.75, 3.05) is 23.2 Å². The number of anilines is 1. The van der Waals surface area contributed by atoms with Gasteiger partial charge in [-0.15, -0.1) is 0 Å². The molecule has 0 bridgehead atoms. The van der Waals surface area contributed by atoms with Crippen LogP contribution >= 0.6 is 12.2 Å². The van der Waals surface area contributed by atoms with Gasteiger partial charge in [-0.05, 0) is 30.7 Å². The SMILES string of the molecule is NC(=S)COc1ccc(N2CCCS2(=O)=O)cc1. The predicted molar refractivity (Wildman–Crippen MR) is 74.5 cm³/mol. The topological polar surface area (TPSA) is 72.6 Å². The van der Waals surface area contributed by atoms with Gasteiger partial charge in [0.2, 0.25) is 10.0 Å². The van der Waals surface area contributed by atoms with Gasteiger partial charge in [0.05, 0.1) is 11.4 Å². The number of hydrogen-bond donors (Lipinski definition) is 1. The first-order valence-corrected chi connectivity index (χ1v) is 7.52. The predicted octanol–water partition coefficient (Wildman–Crippen LogP) is 0.891. The lowest BCUT2D eigenvalue weighted by Gasteiger charge is -2.17. The quantitative estimate of drug-likeness (QED) is 0.832. The summed E-state index contributed by atoms with van der Waals surface area (Å²) in [7, 11) is -3.13. The molecule has 1 aliphatic heterocycles. The van der Waals surface area contributed by atoms with Crippen molar-refractivity contribution in [2.45, 2.75) is 6.42 Å². The maximum atomic E-state index is 11.7. The molecule has 2 rings (SSSR count). The Kier molecular flexibility index (Phi) is 3.72. The third-order valence-electron chi connectivity index (χ3n) is 2.61. The van der Waals surface area contributed by atoms with Crippen molar-refractivity contribution in [3.05, 3.63) is 24.3 Å². The highest BCUT2D eigenvalue weighted by Crippen LogP contribution is 2.25. The average Bonchev–Trinajstić information content (AvgIpc) is 2.67. The summed E-state index contributed by atoms with van der Waals surface area (Å²) < 4.78 is 30.2. The highest BCUT2D eigenvalue weighted by molar-refractivity contribution is 7.93. The molecule has 2 N–H and O–H groups in total. The lowest BCUT2D eigenvalue weighted by molar-refractivity contribution is 0.377. The van der Waals surface area contributed by atoms with E-state index < -0.39 is 10.0 Å². The average molecular weight is 286 g/mol. The van der Waals surface area contributed by atoms with E-state index >= 15 is 0 Å². The minimum Gasteiger partial charge on any atom is -0.487 e. The lowest BCUT2D eigenvalue weighted by Crippen LogP contribution is -2.24. The first-order valence-electron chi connectivity index (χ1n) is 5.50. The fourth-order valence-corrected chi connectivity index (χ4v) is 3.42. The summed E-state index contributed by atoms with van der Waals surface area (Å²) in [4.78, 5) is 0.279. The van der Waals surface area contributed by atoms with Crippen LogP contribution in [0.5, 0.6) is 5.75 Å². The molecule has 1 aliphatic rings. The molecule has 1 heterocycles. The maximum absolute atomic E-state index is 11.7. The number of sulfonamides is 1. The van der Waals surface area contributed by atoms with E-state index in [2.05, 4.69) is 0 Å². The molecule has 0 aliphatic carbocycles. The number of thiocarbonyl (C=S) groups is 1. The van der Waals surface area contributed by atoms with Gasteiger partial charge in [-0.3, -0.25) is 4.31 Å². The first-order chi connectivity index (χ1) is 8.49. The number of rotatable bonds is 4. The molecule has 0 radical (unpaired) electrons. The third-order valence-corrected chi connectivity index (χ3v) is 4.59. The summed E-state index contributed by atoms with van der Waals surface area (Å²) in [5.74, 6) is 0.829. The summed E-state index contributed by atoms with van der Waals surface area (Å²) in [6.07, 6.45) is 0.669. The van der Waals surface area contributed by atoms with E-state index in [0.717, 1.165) is 0 Å². The Hall–Kier alpha value is -1.34. The molecule has 0 unspecified atom stereocenters. The molecule has 0 spiro atoms. The van der Waals surface area contributed by atoms with Gasteiger partial charge in [-0.25, -0.2) is 8.42 Å². The lowest BCUT2D eigenvalue weighted by atomic mass is 10.3. The standard InChI is InChI=1S/C11H14N2O3S2/c12-11(17)8-16-10-4-2-9(3-5-10)13-6-1-7-18(13,14)15/h2-5H,1,6-8H2,(H2,12,17). The van der Waals surface area contributed by atoms with Crippen molar-refractivity contribution in [3.63, 3.8) is 0 Å². The second kappa shape index (κ2) is 5.11. The van der Waals surface area contributed by atoms with Crippen LogP contribution < -0.4 is 14.8 Å². The normalized spacial score (nSPS) is 17.7. The van der Waals surface area contributed by atoms with Crippen molar-refractivity contribution < 1.29 is 13.2 Å². The Bertz CT molecular complexity index is 540. The number of nitrogens with two attached hydrogens (primary N) is 1. The van der Waals surface area contributed by atoms with Crippen LogP contribution in [0.25, 0.3) is 0 Å². The van der Waals surface area contributed by atoms with Gasteiger partial charge in [-0.2, -0.15) is 0 Å². The molecule has 5 nitrogen and oxygen atoms in total. The molecule has 0 saturated carbocycles. The Morgan fingerprint density at radius 3 is 2.56 bits per heavy atom. The minimum absolute atomic E-state index is 0.177. The van der Waals surface area contributed by atoms with Gasteiger partial charge in [0.1, 0.15) is 17.3 Å². The van der Waals surface area contributed by atoms with Gasteiger partial charge in [0.15, 0.2) is 0 Å². The number of benzene rings is 1. The minimum atomic E-state index is -3.13. The van der Waals surface area contributed by atoms with Crippen LogP contribution in [-0.2, 0) is 10.0 Å². The molecule has 0 atom stereocenters. The fourth-order valence-electron chi connectivity index (χ4n) is 1.79. The van der Waals surface area contributed by atoms with Crippen LogP contribution in [-0.4, -0.2) is 32.3 Å². The second-order valence-electron chi connectivity index (χ2n) is 3.99. The zero-order valence-corrected chi connectivity index (χ0v) is 11.3. The molecule has 1 aromatic carbocycles. The van der Waals surface area contributed by atoms with Crippen molar-refractivity contribution in [2.24, 2.45) is 5.73 Å². The molecular formula is C11H14N2O3S2. The van der Waals surface area contributed by atoms with E-state index in [4.69, 9.17) is 22.7 Å². The number of ether oxygens (including phenoxy) is 1. The van der Waals surface area contributed by atoms with Crippen molar-refractivity contribution in [1.82, 2.24) is 0 Å². The van der Waals surface area contributed by atoms with Crippen LogP contribution in [0.4, 0.5) is 5.69 Å². The second-order valence-corrected chi connectivity index (χ2v) is 6.53. The zero-order chi connectivity index (χ0) is 13.2. The Balaban J connectivity index is 2.10.